The number of aliphatic hydroxyl groups excluding tert-OH is 2. The molecule has 7 nitrogen and oxygen atoms in total. The molecule has 0 amide bonds. The van der Waals surface area contributed by atoms with E-state index >= 15 is 0 Å². The molecule has 9 heteroatoms. The lowest BCUT2D eigenvalue weighted by Crippen LogP contribution is -2.34. The SMILES string of the molecule is Nc1ncnc2c1c(Cl)cn2[C@@H]1C[C@H](Oc2ccc(F)c3c2CCCC3)[C@@H](O)[C@H]1O. The number of nitrogens with two attached hydrogens (primary N) is 1. The average Bonchev–Trinajstić information content (AvgIpc) is 3.22. The highest BCUT2D eigenvalue weighted by Gasteiger charge is 2.45. The summed E-state index contributed by atoms with van der Waals surface area (Å²) in [5.74, 6) is 0.611. The molecule has 2 heterocycles. The first-order chi connectivity index (χ1) is 14.5. The molecule has 3 aromatic rings. The molecule has 2 aromatic heterocycles. The van der Waals surface area contributed by atoms with Crippen molar-refractivity contribution < 1.29 is 19.3 Å². The molecule has 0 unspecified atom stereocenters. The van der Waals surface area contributed by atoms with Crippen LogP contribution in [-0.2, 0) is 12.8 Å². The molecular weight excluding hydrogens is 411 g/mol. The maximum Gasteiger partial charge on any atom is 0.147 e. The van der Waals surface area contributed by atoms with Crippen LogP contribution in [0.15, 0.2) is 24.7 Å². The number of ether oxygens (including phenoxy) is 1. The Morgan fingerprint density at radius 2 is 1.90 bits per heavy atom. The number of anilines is 1. The van der Waals surface area contributed by atoms with Crippen LogP contribution in [0.4, 0.5) is 10.2 Å². The number of aromatic nitrogens is 3. The second-order valence-electron chi connectivity index (χ2n) is 7.99. The minimum absolute atomic E-state index is 0.215. The molecule has 0 bridgehead atoms. The zero-order valence-electron chi connectivity index (χ0n) is 16.1. The van der Waals surface area contributed by atoms with Gasteiger partial charge in [-0.25, -0.2) is 14.4 Å². The second-order valence-corrected chi connectivity index (χ2v) is 8.40. The van der Waals surface area contributed by atoms with E-state index in [0.717, 1.165) is 24.8 Å². The fourth-order valence-corrected chi connectivity index (χ4v) is 5.03. The van der Waals surface area contributed by atoms with Crippen molar-refractivity contribution in [2.45, 2.75) is 56.5 Å². The van der Waals surface area contributed by atoms with E-state index in [2.05, 4.69) is 9.97 Å². The summed E-state index contributed by atoms with van der Waals surface area (Å²) in [5.41, 5.74) is 7.97. The van der Waals surface area contributed by atoms with Crippen molar-refractivity contribution in [3.8, 4) is 5.75 Å². The van der Waals surface area contributed by atoms with Crippen LogP contribution in [0.3, 0.4) is 0 Å². The third-order valence-electron chi connectivity index (χ3n) is 6.26. The predicted octanol–water partition coefficient (Wildman–Crippen LogP) is 2.80. The Labute approximate surface area is 177 Å². The summed E-state index contributed by atoms with van der Waals surface area (Å²) in [6.07, 6.45) is 3.80. The van der Waals surface area contributed by atoms with Gasteiger partial charge in [0.15, 0.2) is 0 Å². The number of rotatable bonds is 3. The van der Waals surface area contributed by atoms with Crippen LogP contribution in [0.5, 0.6) is 5.75 Å². The first-order valence-electron chi connectivity index (χ1n) is 10.0. The highest BCUT2D eigenvalue weighted by Crippen LogP contribution is 2.40. The van der Waals surface area contributed by atoms with Gasteiger partial charge in [-0.15, -0.1) is 0 Å². The van der Waals surface area contributed by atoms with Crippen molar-refractivity contribution >= 4 is 28.5 Å². The van der Waals surface area contributed by atoms with E-state index in [4.69, 9.17) is 22.1 Å². The molecule has 0 saturated heterocycles. The minimum Gasteiger partial charge on any atom is -0.487 e. The van der Waals surface area contributed by atoms with Crippen molar-refractivity contribution in [3.05, 3.63) is 46.6 Å². The van der Waals surface area contributed by atoms with E-state index in [-0.39, 0.29) is 11.6 Å². The van der Waals surface area contributed by atoms with Crippen LogP contribution in [-0.4, -0.2) is 43.1 Å². The highest BCUT2D eigenvalue weighted by molar-refractivity contribution is 6.36. The Bertz CT molecular complexity index is 1120. The number of benzene rings is 1. The Kier molecular flexibility index (Phi) is 4.80. The van der Waals surface area contributed by atoms with Gasteiger partial charge in [-0.2, -0.15) is 0 Å². The zero-order chi connectivity index (χ0) is 21.0. The number of hydrogen-bond donors (Lipinski definition) is 3. The third-order valence-corrected chi connectivity index (χ3v) is 6.55. The van der Waals surface area contributed by atoms with Crippen molar-refractivity contribution in [3.63, 3.8) is 0 Å². The van der Waals surface area contributed by atoms with Gasteiger partial charge in [-0.3, -0.25) is 0 Å². The molecule has 0 spiro atoms. The number of nitrogen functional groups attached to an aromatic ring is 1. The number of halogens is 2. The molecular formula is C21H22ClFN4O3. The summed E-state index contributed by atoms with van der Waals surface area (Å²) in [6, 6.07) is 2.51. The summed E-state index contributed by atoms with van der Waals surface area (Å²) >= 11 is 6.31. The topological polar surface area (TPSA) is 106 Å². The van der Waals surface area contributed by atoms with Gasteiger partial charge in [-0.1, -0.05) is 11.6 Å². The number of fused-ring (bicyclic) bond motifs is 2. The Morgan fingerprint density at radius 3 is 2.70 bits per heavy atom. The van der Waals surface area contributed by atoms with Crippen LogP contribution >= 0.6 is 11.6 Å². The average molecular weight is 433 g/mol. The van der Waals surface area contributed by atoms with Crippen molar-refractivity contribution in [1.82, 2.24) is 14.5 Å². The lowest BCUT2D eigenvalue weighted by Gasteiger charge is -2.24. The van der Waals surface area contributed by atoms with Crippen LogP contribution in [0.1, 0.15) is 36.4 Å². The second kappa shape index (κ2) is 7.37. The standard InChI is InChI=1S/C21H22ClFN4O3/c22-12-8-27(21-17(12)20(24)25-9-26-21)14-7-16(19(29)18(14)28)30-15-6-5-13(23)10-3-1-2-4-11(10)15/h5-6,8-9,14,16,18-19,28-29H,1-4,7H2,(H2,24,25,26)/t14-,16+,18+,19-/m1/s1. The molecule has 2 aliphatic rings. The van der Waals surface area contributed by atoms with Gasteiger partial charge < -0.3 is 25.3 Å². The van der Waals surface area contributed by atoms with Gasteiger partial charge in [0.25, 0.3) is 0 Å². The smallest absolute Gasteiger partial charge is 0.147 e. The molecule has 0 radical (unpaired) electrons. The van der Waals surface area contributed by atoms with E-state index in [1.807, 2.05) is 0 Å². The number of nitrogens with zero attached hydrogens (tertiary/aromatic N) is 3. The van der Waals surface area contributed by atoms with Gasteiger partial charge in [0.1, 0.15) is 47.7 Å². The molecule has 0 aliphatic heterocycles. The molecule has 1 aromatic carbocycles. The van der Waals surface area contributed by atoms with Gasteiger partial charge in [0.05, 0.1) is 16.5 Å². The fourth-order valence-electron chi connectivity index (χ4n) is 4.74. The van der Waals surface area contributed by atoms with Crippen LogP contribution in [0, 0.1) is 5.82 Å². The van der Waals surface area contributed by atoms with Crippen LogP contribution < -0.4 is 10.5 Å². The van der Waals surface area contributed by atoms with Crippen molar-refractivity contribution in [1.29, 1.82) is 0 Å². The van der Waals surface area contributed by atoms with E-state index in [1.165, 1.54) is 12.4 Å². The Hall–Kier alpha value is -2.42. The first-order valence-corrected chi connectivity index (χ1v) is 10.4. The summed E-state index contributed by atoms with van der Waals surface area (Å²) < 4.78 is 22.0. The highest BCUT2D eigenvalue weighted by atomic mass is 35.5. The molecule has 158 valence electrons. The molecule has 4 N–H and O–H groups in total. The quantitative estimate of drug-likeness (QED) is 0.587. The molecule has 1 fully saturated rings. The summed E-state index contributed by atoms with van der Waals surface area (Å²) in [5, 5.41) is 22.3. The van der Waals surface area contributed by atoms with Gasteiger partial charge in [0, 0.05) is 18.2 Å². The third kappa shape index (κ3) is 3.02. The first kappa shape index (κ1) is 19.5. The largest absolute Gasteiger partial charge is 0.487 e. The van der Waals surface area contributed by atoms with Crippen LogP contribution in [0.2, 0.25) is 5.02 Å². The zero-order valence-corrected chi connectivity index (χ0v) is 16.9. The van der Waals surface area contributed by atoms with Gasteiger partial charge >= 0.3 is 0 Å². The maximum absolute atomic E-state index is 14.2. The molecule has 1 saturated carbocycles. The summed E-state index contributed by atoms with van der Waals surface area (Å²) in [6.45, 7) is 0. The van der Waals surface area contributed by atoms with E-state index < -0.39 is 24.4 Å². The molecule has 2 aliphatic carbocycles. The van der Waals surface area contributed by atoms with E-state index in [1.54, 1.807) is 16.8 Å². The van der Waals surface area contributed by atoms with E-state index in [9.17, 15) is 14.6 Å². The van der Waals surface area contributed by atoms with Gasteiger partial charge in [0.2, 0.25) is 0 Å². The monoisotopic (exact) mass is 432 g/mol. The number of aliphatic hydroxyl groups is 2. The predicted molar refractivity (Wildman–Crippen MR) is 110 cm³/mol. The van der Waals surface area contributed by atoms with Crippen molar-refractivity contribution in [2.24, 2.45) is 0 Å². The van der Waals surface area contributed by atoms with E-state index in [0.29, 0.717) is 40.2 Å². The van der Waals surface area contributed by atoms with Crippen LogP contribution in [0.25, 0.3) is 11.0 Å². The summed E-state index contributed by atoms with van der Waals surface area (Å²) in [7, 11) is 0. The molecule has 4 atom stereocenters. The normalized spacial score (nSPS) is 26.1. The lowest BCUT2D eigenvalue weighted by atomic mass is 9.90. The Morgan fingerprint density at radius 1 is 1.13 bits per heavy atom. The fraction of sp³-hybridized carbons (Fsp3) is 0.429. The maximum atomic E-state index is 14.2. The van der Waals surface area contributed by atoms with Crippen molar-refractivity contribution in [2.75, 3.05) is 5.73 Å². The minimum atomic E-state index is -1.12. The summed E-state index contributed by atoms with van der Waals surface area (Å²) in [4.78, 5) is 8.22. The number of hydrogen-bond acceptors (Lipinski definition) is 6. The van der Waals surface area contributed by atoms with Gasteiger partial charge in [-0.05, 0) is 43.4 Å². The lowest BCUT2D eigenvalue weighted by molar-refractivity contribution is -0.0166. The molecule has 5 rings (SSSR count). The molecule has 30 heavy (non-hydrogen) atoms. The Balaban J connectivity index is 1.46.